The molecule has 38 heavy (non-hydrogen) atoms. The van der Waals surface area contributed by atoms with E-state index in [-0.39, 0.29) is 35.6 Å². The summed E-state index contributed by atoms with van der Waals surface area (Å²) < 4.78 is 1.46. The predicted octanol–water partition coefficient (Wildman–Crippen LogP) is 3.70. The van der Waals surface area contributed by atoms with Crippen LogP contribution >= 0.6 is 0 Å². The van der Waals surface area contributed by atoms with Crippen LogP contribution in [0.25, 0.3) is 21.5 Å². The van der Waals surface area contributed by atoms with E-state index >= 15 is 0 Å². The molecule has 0 heterocycles. The van der Waals surface area contributed by atoms with Crippen molar-refractivity contribution in [2.24, 2.45) is 0 Å². The van der Waals surface area contributed by atoms with Crippen LogP contribution in [0.5, 0.6) is 0 Å². The Kier molecular flexibility index (Phi) is 13.3. The van der Waals surface area contributed by atoms with Gasteiger partial charge in [-0.2, -0.15) is 6.08 Å². The van der Waals surface area contributed by atoms with E-state index in [0.717, 1.165) is 6.42 Å². The maximum atomic E-state index is 2.99. The van der Waals surface area contributed by atoms with Gasteiger partial charge in [0.2, 0.25) is 0 Å². The van der Waals surface area contributed by atoms with Crippen molar-refractivity contribution in [3.63, 3.8) is 0 Å². The van der Waals surface area contributed by atoms with Crippen LogP contribution in [0.2, 0.25) is 0 Å². The Morgan fingerprint density at radius 2 is 1.24 bits per heavy atom. The van der Waals surface area contributed by atoms with Crippen LogP contribution in [-0.2, 0) is 35.1 Å². The first kappa shape index (κ1) is 34.4. The number of halogens is 2. The molecule has 1 aliphatic rings. The SMILES string of the molecule is CC(C)(C)c1ccc2[cH-]c3ccc(C(C)(C)C)cc3c2c1.C[C](=[Zr+2])c1ccc(C)cc1.[C-]1=CC=CC1.[Cl-].[Cl-]. The molecular weight excluding hydrogens is 583 g/mol. The largest absolute Gasteiger partial charge is 1.00 e. The minimum Gasteiger partial charge on any atom is -1.00 e. The summed E-state index contributed by atoms with van der Waals surface area (Å²) in [6.45, 7) is 17.9. The number of fused-ring (bicyclic) bond motifs is 3. The van der Waals surface area contributed by atoms with Gasteiger partial charge in [-0.1, -0.05) is 76.9 Å². The number of rotatable bonds is 1. The summed E-state index contributed by atoms with van der Waals surface area (Å²) in [6, 6.07) is 24.8. The van der Waals surface area contributed by atoms with Gasteiger partial charge in [-0.05, 0) is 10.8 Å². The van der Waals surface area contributed by atoms with Gasteiger partial charge in [0, 0.05) is 0 Å². The summed E-state index contributed by atoms with van der Waals surface area (Å²) in [5, 5.41) is 5.49. The van der Waals surface area contributed by atoms with Crippen LogP contribution in [-0.4, -0.2) is 3.21 Å². The maximum Gasteiger partial charge on any atom is -0.109 e. The second-order valence-corrected chi connectivity index (χ2v) is 13.6. The molecule has 200 valence electrons. The van der Waals surface area contributed by atoms with Gasteiger partial charge < -0.3 is 24.8 Å². The monoisotopic (exact) mass is 620 g/mol. The van der Waals surface area contributed by atoms with Crippen molar-refractivity contribution in [1.82, 2.24) is 0 Å². The average molecular weight is 623 g/mol. The molecule has 1 aliphatic carbocycles. The number of aryl methyl sites for hydroxylation is 1. The molecule has 0 nitrogen and oxygen atoms in total. The zero-order valence-corrected chi connectivity index (χ0v) is 28.0. The first-order valence-corrected chi connectivity index (χ1v) is 14.1. The van der Waals surface area contributed by atoms with Crippen LogP contribution in [0.1, 0.15) is 77.1 Å². The van der Waals surface area contributed by atoms with Gasteiger partial charge in [0.05, 0.1) is 0 Å². The van der Waals surface area contributed by atoms with E-state index in [1.165, 1.54) is 71.2 Å². The molecule has 0 bridgehead atoms. The summed E-state index contributed by atoms with van der Waals surface area (Å²) in [5.74, 6) is 0. The summed E-state index contributed by atoms with van der Waals surface area (Å²) in [5.41, 5.74) is 5.91. The van der Waals surface area contributed by atoms with E-state index in [0.29, 0.717) is 0 Å². The molecule has 4 aromatic carbocycles. The standard InChI is InChI=1S/C21H25.C9H10.C5H5.2ClH.Zr/c1-20(2,3)16-9-7-14-11-15-8-10-17(21(4,5)6)13-19(15)18(14)12-16;1-3-9-6-4-8(2)5-7-9;1-2-4-5-3-1;;;/h7-13H,1-6H3;4-7H,1-2H3;1-3H,4H2;2*1H;/q-1;;-1;;;+2/p-2. The molecule has 5 rings (SSSR count). The fraction of sp³-hybridized carbons (Fsp3) is 0.314. The molecule has 0 amide bonds. The number of hydrogen-bond donors (Lipinski definition) is 0. The maximum absolute atomic E-state index is 2.99. The number of hydrogen-bond acceptors (Lipinski definition) is 0. The van der Waals surface area contributed by atoms with Gasteiger partial charge in [-0.15, -0.1) is 46.2 Å². The second kappa shape index (κ2) is 14.6. The van der Waals surface area contributed by atoms with Crippen molar-refractivity contribution >= 4 is 24.8 Å². The molecule has 4 aromatic rings. The van der Waals surface area contributed by atoms with Crippen molar-refractivity contribution in [2.45, 2.75) is 72.6 Å². The Bertz CT molecular complexity index is 1310. The summed E-state index contributed by atoms with van der Waals surface area (Å²) in [4.78, 5) is 0. The molecule has 0 spiro atoms. The number of benzene rings is 3. The third kappa shape index (κ3) is 9.52. The van der Waals surface area contributed by atoms with Gasteiger partial charge >= 0.3 is 76.7 Å². The summed E-state index contributed by atoms with van der Waals surface area (Å²) >= 11 is 1.51. The second-order valence-electron chi connectivity index (χ2n) is 11.7. The Balaban J connectivity index is 0.000000354. The van der Waals surface area contributed by atoms with Gasteiger partial charge in [0.1, 0.15) is 0 Å². The Hall–Kier alpha value is -1.66. The third-order valence-corrected chi connectivity index (χ3v) is 7.22. The van der Waals surface area contributed by atoms with Crippen molar-refractivity contribution in [1.29, 1.82) is 0 Å². The normalized spacial score (nSPS) is 12.2. The predicted molar refractivity (Wildman–Crippen MR) is 157 cm³/mol. The minimum atomic E-state index is 0. The Morgan fingerprint density at radius 1 is 0.763 bits per heavy atom. The smallest absolute Gasteiger partial charge is 0.109 e. The fourth-order valence-electron chi connectivity index (χ4n) is 4.08. The molecule has 0 radical (unpaired) electrons. The van der Waals surface area contributed by atoms with Crippen molar-refractivity contribution in [3.8, 4) is 0 Å². The van der Waals surface area contributed by atoms with Crippen LogP contribution in [0.4, 0.5) is 0 Å². The van der Waals surface area contributed by atoms with Gasteiger partial charge in [0.15, 0.2) is 0 Å². The van der Waals surface area contributed by atoms with Gasteiger partial charge in [-0.25, -0.2) is 12.2 Å². The average Bonchev–Trinajstić information content (AvgIpc) is 3.49. The van der Waals surface area contributed by atoms with Crippen LogP contribution in [0.3, 0.4) is 0 Å². The van der Waals surface area contributed by atoms with Crippen LogP contribution in [0, 0.1) is 13.0 Å². The van der Waals surface area contributed by atoms with E-state index in [9.17, 15) is 0 Å². The molecule has 0 aliphatic heterocycles. The molecule has 0 N–H and O–H groups in total. The van der Waals surface area contributed by atoms with Crippen molar-refractivity contribution in [3.05, 3.63) is 113 Å². The van der Waals surface area contributed by atoms with E-state index in [1.54, 1.807) is 0 Å². The van der Waals surface area contributed by atoms with Crippen molar-refractivity contribution < 1.29 is 49.0 Å². The summed E-state index contributed by atoms with van der Waals surface area (Å²) in [6.07, 6.45) is 10.0. The minimum absolute atomic E-state index is 0. The summed E-state index contributed by atoms with van der Waals surface area (Å²) in [7, 11) is 0. The van der Waals surface area contributed by atoms with E-state index < -0.39 is 0 Å². The zero-order chi connectivity index (χ0) is 26.5. The van der Waals surface area contributed by atoms with E-state index in [2.05, 4.69) is 134 Å². The zero-order valence-electron chi connectivity index (χ0n) is 24.0. The third-order valence-electron chi connectivity index (χ3n) is 6.51. The molecular formula is C35H40Cl2Zr-2. The topological polar surface area (TPSA) is 0 Å². The van der Waals surface area contributed by atoms with Gasteiger partial charge in [-0.3, -0.25) is 6.08 Å². The molecule has 0 saturated carbocycles. The Morgan fingerprint density at radius 3 is 1.55 bits per heavy atom. The molecule has 0 unspecified atom stereocenters. The first-order valence-electron chi connectivity index (χ1n) is 12.8. The molecule has 3 heteroatoms. The van der Waals surface area contributed by atoms with Gasteiger partial charge in [0.25, 0.3) is 0 Å². The fourth-order valence-corrected chi connectivity index (χ4v) is 4.48. The van der Waals surface area contributed by atoms with Crippen molar-refractivity contribution in [2.75, 3.05) is 0 Å². The molecule has 0 saturated heterocycles. The number of allylic oxidation sites excluding steroid dienone is 4. The first-order chi connectivity index (χ1) is 16.9. The van der Waals surface area contributed by atoms with Crippen LogP contribution < -0.4 is 24.8 Å². The molecule has 0 aromatic heterocycles. The quantitative estimate of drug-likeness (QED) is 0.284. The van der Waals surface area contributed by atoms with Crippen LogP contribution in [0.15, 0.2) is 85.0 Å². The van der Waals surface area contributed by atoms with E-state index in [1.807, 2.05) is 12.2 Å². The molecule has 0 atom stereocenters. The van der Waals surface area contributed by atoms with E-state index in [4.69, 9.17) is 0 Å². The molecule has 0 fully saturated rings. The Labute approximate surface area is 258 Å².